The highest BCUT2D eigenvalue weighted by Crippen LogP contribution is 2.41. The van der Waals surface area contributed by atoms with Gasteiger partial charge in [-0.2, -0.15) is 5.10 Å². The molecule has 3 N–H and O–H groups in total. The number of nitrogens with one attached hydrogen (secondary N) is 1. The minimum atomic E-state index is -0.222. The fourth-order valence-corrected chi connectivity index (χ4v) is 4.34. The summed E-state index contributed by atoms with van der Waals surface area (Å²) in [4.78, 5) is 8.70. The summed E-state index contributed by atoms with van der Waals surface area (Å²) in [7, 11) is 0. The molecule has 0 unspecified atom stereocenters. The smallest absolute Gasteiger partial charge is 0.166 e. The molecule has 0 aromatic carbocycles. The fourth-order valence-electron chi connectivity index (χ4n) is 4.34. The van der Waals surface area contributed by atoms with Crippen molar-refractivity contribution in [3.63, 3.8) is 0 Å². The quantitative estimate of drug-likeness (QED) is 0.684. The van der Waals surface area contributed by atoms with Crippen LogP contribution in [0.5, 0.6) is 5.75 Å². The molecule has 152 valence electrons. The third kappa shape index (κ3) is 3.45. The van der Waals surface area contributed by atoms with Gasteiger partial charge in [0.2, 0.25) is 0 Å². The summed E-state index contributed by atoms with van der Waals surface area (Å²) in [6.07, 6.45) is 5.64. The van der Waals surface area contributed by atoms with Gasteiger partial charge in [-0.3, -0.25) is 9.67 Å². The number of rotatable bonds is 4. The number of fused-ring (bicyclic) bond motifs is 2. The number of nitrogen functional groups attached to an aromatic ring is 1. The topological polar surface area (TPSA) is 90.9 Å². The summed E-state index contributed by atoms with van der Waals surface area (Å²) in [5, 5.41) is 8.33. The first kappa shape index (κ1) is 19.7. The first-order valence-corrected chi connectivity index (χ1v) is 9.77. The average Bonchev–Trinajstić information content (AvgIpc) is 3.43. The fraction of sp³-hybridized carbons (Fsp3) is 0.381. The van der Waals surface area contributed by atoms with Gasteiger partial charge in [-0.05, 0) is 50.6 Å². The Morgan fingerprint density at radius 2 is 2.14 bits per heavy atom. The lowest BCUT2D eigenvalue weighted by atomic mass is 9.82. The number of aryl methyl sites for hydroxylation is 1. The molecule has 5 heterocycles. The van der Waals surface area contributed by atoms with Gasteiger partial charge in [0.05, 0.1) is 11.4 Å². The number of ether oxygens (including phenoxy) is 1. The van der Waals surface area contributed by atoms with Gasteiger partial charge in [0, 0.05) is 42.2 Å². The molecule has 1 fully saturated rings. The highest BCUT2D eigenvalue weighted by Gasteiger charge is 2.42. The lowest BCUT2D eigenvalue weighted by molar-refractivity contribution is 0.222. The van der Waals surface area contributed by atoms with E-state index in [2.05, 4.69) is 26.0 Å². The largest absolute Gasteiger partial charge is 0.481 e. The number of hydrogen-bond acceptors (Lipinski definition) is 6. The Kier molecular flexibility index (Phi) is 5.19. The zero-order chi connectivity index (χ0) is 19.1. The van der Waals surface area contributed by atoms with Gasteiger partial charge in [0.1, 0.15) is 6.10 Å². The second-order valence-corrected chi connectivity index (χ2v) is 7.72. The van der Waals surface area contributed by atoms with Crippen molar-refractivity contribution in [3.8, 4) is 17.0 Å². The van der Waals surface area contributed by atoms with E-state index in [1.54, 1.807) is 12.4 Å². The third-order valence-corrected chi connectivity index (χ3v) is 5.95. The van der Waals surface area contributed by atoms with Crippen LogP contribution in [0.4, 0.5) is 5.82 Å². The minimum Gasteiger partial charge on any atom is -0.481 e. The number of halogens is 1. The number of aromatic nitrogens is 4. The molecule has 0 saturated carbocycles. The van der Waals surface area contributed by atoms with Gasteiger partial charge in [0.25, 0.3) is 0 Å². The molecule has 2 aliphatic rings. The average molecular weight is 413 g/mol. The van der Waals surface area contributed by atoms with E-state index in [1.807, 2.05) is 31.2 Å². The normalized spacial score (nSPS) is 21.0. The minimum absolute atomic E-state index is 0. The van der Waals surface area contributed by atoms with Crippen molar-refractivity contribution in [1.29, 1.82) is 0 Å². The Balaban J connectivity index is 0.00000205. The maximum absolute atomic E-state index is 6.07. The SMILES string of the molecule is C[C@H](Oc1cc(-c2cc3n(n2)CC[C@@]32CCNC2)cnc1N)c1ccccn1.Cl. The first-order chi connectivity index (χ1) is 13.6. The molecule has 0 bridgehead atoms. The highest BCUT2D eigenvalue weighted by atomic mass is 35.5. The molecule has 7 nitrogen and oxygen atoms in total. The van der Waals surface area contributed by atoms with Crippen LogP contribution in [0.3, 0.4) is 0 Å². The van der Waals surface area contributed by atoms with Crippen LogP contribution < -0.4 is 15.8 Å². The summed E-state index contributed by atoms with van der Waals surface area (Å²) in [5.41, 5.74) is 10.3. The predicted octanol–water partition coefficient (Wildman–Crippen LogP) is 3.12. The second-order valence-electron chi connectivity index (χ2n) is 7.72. The van der Waals surface area contributed by atoms with Crippen molar-refractivity contribution in [2.45, 2.75) is 37.8 Å². The van der Waals surface area contributed by atoms with Crippen molar-refractivity contribution in [2.75, 3.05) is 18.8 Å². The zero-order valence-electron chi connectivity index (χ0n) is 16.3. The molecule has 1 spiro atoms. The summed E-state index contributed by atoms with van der Waals surface area (Å²) in [6.45, 7) is 5.04. The van der Waals surface area contributed by atoms with Gasteiger partial charge in [-0.15, -0.1) is 12.4 Å². The van der Waals surface area contributed by atoms with E-state index in [9.17, 15) is 0 Å². The lowest BCUT2D eigenvalue weighted by Crippen LogP contribution is -2.25. The van der Waals surface area contributed by atoms with Gasteiger partial charge in [0.15, 0.2) is 11.6 Å². The maximum Gasteiger partial charge on any atom is 0.166 e. The molecule has 2 aliphatic heterocycles. The van der Waals surface area contributed by atoms with Crippen LogP contribution in [-0.4, -0.2) is 32.8 Å². The van der Waals surface area contributed by atoms with Crippen LogP contribution in [0.25, 0.3) is 11.3 Å². The second kappa shape index (κ2) is 7.65. The number of nitrogens with zero attached hydrogens (tertiary/aromatic N) is 4. The Labute approximate surface area is 176 Å². The number of anilines is 1. The molecule has 0 amide bonds. The van der Waals surface area contributed by atoms with E-state index in [1.165, 1.54) is 18.5 Å². The van der Waals surface area contributed by atoms with Crippen molar-refractivity contribution >= 4 is 18.2 Å². The van der Waals surface area contributed by atoms with E-state index >= 15 is 0 Å². The molecule has 2 atom stereocenters. The monoisotopic (exact) mass is 412 g/mol. The lowest BCUT2D eigenvalue weighted by Gasteiger charge is -2.20. The number of nitrogens with two attached hydrogens (primary N) is 1. The van der Waals surface area contributed by atoms with Gasteiger partial charge in [-0.1, -0.05) is 6.07 Å². The van der Waals surface area contributed by atoms with E-state index in [4.69, 9.17) is 15.6 Å². The first-order valence-electron chi connectivity index (χ1n) is 9.77. The number of hydrogen-bond donors (Lipinski definition) is 2. The molecular weight excluding hydrogens is 388 g/mol. The molecule has 0 aliphatic carbocycles. The Morgan fingerprint density at radius 1 is 1.24 bits per heavy atom. The van der Waals surface area contributed by atoms with Gasteiger partial charge < -0.3 is 15.8 Å². The van der Waals surface area contributed by atoms with Gasteiger partial charge in [-0.25, -0.2) is 4.98 Å². The van der Waals surface area contributed by atoms with Gasteiger partial charge >= 0.3 is 0 Å². The maximum atomic E-state index is 6.07. The zero-order valence-corrected chi connectivity index (χ0v) is 17.2. The summed E-state index contributed by atoms with van der Waals surface area (Å²) >= 11 is 0. The molecule has 8 heteroatoms. The molecule has 3 aromatic rings. The molecule has 3 aromatic heterocycles. The van der Waals surface area contributed by atoms with Crippen LogP contribution in [0, 0.1) is 0 Å². The van der Waals surface area contributed by atoms with E-state index in [0.717, 1.165) is 36.6 Å². The third-order valence-electron chi connectivity index (χ3n) is 5.95. The summed E-state index contributed by atoms with van der Waals surface area (Å²) in [5.74, 6) is 0.927. The Bertz CT molecular complexity index is 1000. The van der Waals surface area contributed by atoms with Crippen molar-refractivity contribution in [3.05, 3.63) is 54.1 Å². The van der Waals surface area contributed by atoms with Crippen LogP contribution in [-0.2, 0) is 12.0 Å². The summed E-state index contributed by atoms with van der Waals surface area (Å²) in [6, 6.07) is 9.91. The Morgan fingerprint density at radius 3 is 2.90 bits per heavy atom. The highest BCUT2D eigenvalue weighted by molar-refractivity contribution is 5.85. The predicted molar refractivity (Wildman–Crippen MR) is 114 cm³/mol. The molecule has 0 radical (unpaired) electrons. The van der Waals surface area contributed by atoms with E-state index in [0.29, 0.717) is 11.6 Å². The molecule has 5 rings (SSSR count). The standard InChI is InChI=1S/C21H24N6O.ClH/c1-14(16-4-2-3-7-24-16)28-18-10-15(12-25-20(18)22)17-11-19-21(5-8-23-13-21)6-9-27(19)26-17;/h2-4,7,10-12,14,23H,5-6,8-9,13H2,1H3,(H2,22,25);1H/t14-,21+;/m0./s1. The van der Waals surface area contributed by atoms with Crippen LogP contribution in [0.1, 0.15) is 37.3 Å². The van der Waals surface area contributed by atoms with Crippen molar-refractivity contribution in [2.24, 2.45) is 0 Å². The Hall–Kier alpha value is -2.64. The van der Waals surface area contributed by atoms with Crippen LogP contribution in [0.15, 0.2) is 42.7 Å². The van der Waals surface area contributed by atoms with Crippen LogP contribution in [0.2, 0.25) is 0 Å². The van der Waals surface area contributed by atoms with Crippen molar-refractivity contribution < 1.29 is 4.74 Å². The van der Waals surface area contributed by atoms with E-state index in [-0.39, 0.29) is 23.9 Å². The summed E-state index contributed by atoms with van der Waals surface area (Å²) < 4.78 is 8.22. The molecule has 1 saturated heterocycles. The van der Waals surface area contributed by atoms with E-state index < -0.39 is 0 Å². The molecular formula is C21H25ClN6O. The van der Waals surface area contributed by atoms with Crippen molar-refractivity contribution in [1.82, 2.24) is 25.1 Å². The van der Waals surface area contributed by atoms with Crippen LogP contribution >= 0.6 is 12.4 Å². The molecule has 29 heavy (non-hydrogen) atoms. The number of pyridine rings is 2.